The number of anilines is 1. The first-order valence-electron chi connectivity index (χ1n) is 6.48. The van der Waals surface area contributed by atoms with Crippen LogP contribution < -0.4 is 5.32 Å². The van der Waals surface area contributed by atoms with E-state index < -0.39 is 0 Å². The Kier molecular flexibility index (Phi) is 4.87. The van der Waals surface area contributed by atoms with Gasteiger partial charge in [0, 0.05) is 31.7 Å². The first kappa shape index (κ1) is 15.2. The van der Waals surface area contributed by atoms with E-state index in [0.717, 1.165) is 9.35 Å². The number of nitrogens with zero attached hydrogens (tertiary/aromatic N) is 2. The highest BCUT2D eigenvalue weighted by molar-refractivity contribution is 9.10. The van der Waals surface area contributed by atoms with Crippen LogP contribution in [0.1, 0.15) is 9.75 Å². The number of nitrogens with one attached hydrogen (secondary N) is 1. The van der Waals surface area contributed by atoms with Gasteiger partial charge in [0.2, 0.25) is 5.91 Å². The standard InChI is InChI=1S/C15H12BrN3OS2/c16-11-8-13(22-10-11)9-19-14(5-6-17-19)18-15(20)4-3-12-2-1-7-21-12/h1-8,10H,9H2,(H,18,20)/b4-3+. The molecular weight excluding hydrogens is 382 g/mol. The second-order valence-corrected chi connectivity index (χ2v) is 7.33. The van der Waals surface area contributed by atoms with Crippen molar-refractivity contribution >= 4 is 56.4 Å². The van der Waals surface area contributed by atoms with Crippen LogP contribution in [0.4, 0.5) is 5.82 Å². The van der Waals surface area contributed by atoms with E-state index in [1.807, 2.05) is 22.9 Å². The maximum absolute atomic E-state index is 12.0. The van der Waals surface area contributed by atoms with Crippen LogP contribution in [0.15, 0.2) is 51.8 Å². The maximum atomic E-state index is 12.0. The van der Waals surface area contributed by atoms with Crippen molar-refractivity contribution in [3.05, 3.63) is 61.5 Å². The molecule has 0 aromatic carbocycles. The van der Waals surface area contributed by atoms with Gasteiger partial charge in [0.15, 0.2) is 0 Å². The molecule has 0 aliphatic heterocycles. The molecule has 0 atom stereocenters. The molecule has 0 aliphatic rings. The summed E-state index contributed by atoms with van der Waals surface area (Å²) >= 11 is 6.68. The molecule has 112 valence electrons. The zero-order chi connectivity index (χ0) is 15.4. The lowest BCUT2D eigenvalue weighted by atomic mass is 10.4. The van der Waals surface area contributed by atoms with Gasteiger partial charge in [-0.25, -0.2) is 4.68 Å². The molecule has 22 heavy (non-hydrogen) atoms. The number of carbonyl (C=O) groups excluding carboxylic acids is 1. The number of amides is 1. The smallest absolute Gasteiger partial charge is 0.249 e. The molecule has 4 nitrogen and oxygen atoms in total. The number of carbonyl (C=O) groups is 1. The predicted octanol–water partition coefficient (Wildman–Crippen LogP) is 4.47. The van der Waals surface area contributed by atoms with Crippen LogP contribution in [-0.2, 0) is 11.3 Å². The van der Waals surface area contributed by atoms with Crippen LogP contribution in [0.2, 0.25) is 0 Å². The van der Waals surface area contributed by atoms with Crippen LogP contribution >= 0.6 is 38.6 Å². The SMILES string of the molecule is O=C(/C=C/c1cccs1)Nc1ccnn1Cc1cc(Br)cs1. The van der Waals surface area contributed by atoms with Crippen molar-refractivity contribution in [2.75, 3.05) is 5.32 Å². The van der Waals surface area contributed by atoms with E-state index in [-0.39, 0.29) is 5.91 Å². The Morgan fingerprint density at radius 3 is 3.05 bits per heavy atom. The van der Waals surface area contributed by atoms with Crippen LogP contribution in [0, 0.1) is 0 Å². The molecule has 0 saturated carbocycles. The lowest BCUT2D eigenvalue weighted by molar-refractivity contribution is -0.111. The summed E-state index contributed by atoms with van der Waals surface area (Å²) in [5.74, 6) is 0.521. The Labute approximate surface area is 144 Å². The van der Waals surface area contributed by atoms with Crippen LogP contribution in [0.25, 0.3) is 6.08 Å². The predicted molar refractivity (Wildman–Crippen MR) is 95.3 cm³/mol. The van der Waals surface area contributed by atoms with Crippen molar-refractivity contribution < 1.29 is 4.79 Å². The lowest BCUT2D eigenvalue weighted by Crippen LogP contribution is -2.13. The minimum Gasteiger partial charge on any atom is -0.307 e. The Morgan fingerprint density at radius 1 is 1.41 bits per heavy atom. The number of rotatable bonds is 5. The first-order chi connectivity index (χ1) is 10.7. The summed E-state index contributed by atoms with van der Waals surface area (Å²) in [5.41, 5.74) is 0. The molecule has 3 rings (SSSR count). The van der Waals surface area contributed by atoms with E-state index in [0.29, 0.717) is 12.4 Å². The van der Waals surface area contributed by atoms with E-state index in [2.05, 4.69) is 32.4 Å². The average Bonchev–Trinajstić information content (AvgIpc) is 3.21. The molecule has 3 aromatic rings. The number of thiophene rings is 2. The first-order valence-corrected chi connectivity index (χ1v) is 9.03. The minimum atomic E-state index is -0.164. The summed E-state index contributed by atoms with van der Waals surface area (Å²) < 4.78 is 2.83. The van der Waals surface area contributed by atoms with Crippen molar-refractivity contribution in [3.63, 3.8) is 0 Å². The Balaban J connectivity index is 1.65. The zero-order valence-corrected chi connectivity index (χ0v) is 14.6. The third kappa shape index (κ3) is 3.94. The van der Waals surface area contributed by atoms with Crippen molar-refractivity contribution in [2.45, 2.75) is 6.54 Å². The van der Waals surface area contributed by atoms with E-state index in [1.165, 1.54) is 11.0 Å². The van der Waals surface area contributed by atoms with Crippen molar-refractivity contribution in [1.29, 1.82) is 0 Å². The third-order valence-electron chi connectivity index (χ3n) is 2.84. The molecule has 3 heterocycles. The second kappa shape index (κ2) is 7.04. The fraction of sp³-hybridized carbons (Fsp3) is 0.0667. The van der Waals surface area contributed by atoms with Crippen LogP contribution in [0.5, 0.6) is 0 Å². The summed E-state index contributed by atoms with van der Waals surface area (Å²) in [4.78, 5) is 14.2. The average molecular weight is 394 g/mol. The lowest BCUT2D eigenvalue weighted by Gasteiger charge is -2.06. The maximum Gasteiger partial charge on any atom is 0.249 e. The molecular formula is C15H12BrN3OS2. The number of halogens is 1. The van der Waals surface area contributed by atoms with E-state index >= 15 is 0 Å². The van der Waals surface area contributed by atoms with Gasteiger partial charge in [0.05, 0.1) is 12.7 Å². The molecule has 0 bridgehead atoms. The molecule has 0 unspecified atom stereocenters. The molecule has 0 fully saturated rings. The van der Waals surface area contributed by atoms with Gasteiger partial charge in [-0.1, -0.05) is 6.07 Å². The highest BCUT2D eigenvalue weighted by Gasteiger charge is 2.07. The van der Waals surface area contributed by atoms with Gasteiger partial charge in [-0.2, -0.15) is 5.10 Å². The Hall–Kier alpha value is -1.70. The minimum absolute atomic E-state index is 0.164. The molecule has 0 radical (unpaired) electrons. The second-order valence-electron chi connectivity index (χ2n) is 4.44. The molecule has 1 amide bonds. The van der Waals surface area contributed by atoms with Gasteiger partial charge in [-0.3, -0.25) is 4.79 Å². The van der Waals surface area contributed by atoms with Crippen molar-refractivity contribution in [3.8, 4) is 0 Å². The zero-order valence-electron chi connectivity index (χ0n) is 11.4. The van der Waals surface area contributed by atoms with Gasteiger partial charge in [0.1, 0.15) is 5.82 Å². The molecule has 7 heteroatoms. The number of hydrogen-bond acceptors (Lipinski definition) is 4. The van der Waals surface area contributed by atoms with Crippen LogP contribution in [-0.4, -0.2) is 15.7 Å². The highest BCUT2D eigenvalue weighted by atomic mass is 79.9. The van der Waals surface area contributed by atoms with Crippen molar-refractivity contribution in [1.82, 2.24) is 9.78 Å². The van der Waals surface area contributed by atoms with E-state index in [1.54, 1.807) is 45.7 Å². The summed E-state index contributed by atoms with van der Waals surface area (Å²) in [6.45, 7) is 0.632. The largest absolute Gasteiger partial charge is 0.307 e. The van der Waals surface area contributed by atoms with Crippen LogP contribution in [0.3, 0.4) is 0 Å². The van der Waals surface area contributed by atoms with Gasteiger partial charge >= 0.3 is 0 Å². The summed E-state index contributed by atoms with van der Waals surface area (Å²) in [6, 6.07) is 7.76. The van der Waals surface area contributed by atoms with E-state index in [4.69, 9.17) is 0 Å². The Bertz CT molecular complexity index is 789. The molecule has 0 saturated heterocycles. The third-order valence-corrected chi connectivity index (χ3v) is 5.36. The summed E-state index contributed by atoms with van der Waals surface area (Å²) in [7, 11) is 0. The molecule has 1 N–H and O–H groups in total. The fourth-order valence-electron chi connectivity index (χ4n) is 1.86. The summed E-state index contributed by atoms with van der Waals surface area (Å²) in [5, 5.41) is 11.1. The van der Waals surface area contributed by atoms with Crippen molar-refractivity contribution in [2.24, 2.45) is 0 Å². The normalized spacial score (nSPS) is 11.1. The topological polar surface area (TPSA) is 46.9 Å². The molecule has 0 aliphatic carbocycles. The Morgan fingerprint density at radius 2 is 2.32 bits per heavy atom. The monoisotopic (exact) mass is 393 g/mol. The van der Waals surface area contributed by atoms with Gasteiger partial charge in [0.25, 0.3) is 0 Å². The van der Waals surface area contributed by atoms with E-state index in [9.17, 15) is 4.79 Å². The van der Waals surface area contributed by atoms with Gasteiger partial charge < -0.3 is 5.32 Å². The molecule has 3 aromatic heterocycles. The highest BCUT2D eigenvalue weighted by Crippen LogP contribution is 2.21. The summed E-state index contributed by atoms with van der Waals surface area (Å²) in [6.07, 6.45) is 5.02. The molecule has 0 spiro atoms. The number of hydrogen-bond donors (Lipinski definition) is 1. The number of aromatic nitrogens is 2. The quantitative estimate of drug-likeness (QED) is 0.649. The fourth-order valence-corrected chi connectivity index (χ4v) is 3.91. The van der Waals surface area contributed by atoms with Gasteiger partial charge in [-0.05, 0) is 39.5 Å². The van der Waals surface area contributed by atoms with Gasteiger partial charge in [-0.15, -0.1) is 22.7 Å².